The number of unbranched alkanes of at least 4 members (excludes halogenated alkanes) is 4. The van der Waals surface area contributed by atoms with E-state index in [0.29, 0.717) is 0 Å². The van der Waals surface area contributed by atoms with E-state index >= 15 is 0 Å². The second-order valence-corrected chi connectivity index (χ2v) is 17.9. The molecular formula is C40H80Na2O14S2Sn. The summed E-state index contributed by atoms with van der Waals surface area (Å²) in [5, 5.41) is -3.89. The van der Waals surface area contributed by atoms with E-state index in [-0.39, 0.29) is 133 Å². The predicted molar refractivity (Wildman–Crippen MR) is 240 cm³/mol. The first kappa shape index (κ1) is 68.6. The number of hydrogen-bond acceptors (Lipinski definition) is 12. The van der Waals surface area contributed by atoms with Gasteiger partial charge in [0.2, 0.25) is 0 Å². The molecule has 59 heavy (non-hydrogen) atoms. The fraction of sp³-hybridized carbons (Fsp3) is 0.900. The SMILES string of the molecule is CCCCC(CC)COC(=O)CC(C(=O)OCC(CC)CCCC)S(=O)(=O)O.CCCCC(CC)COC(=O)CC(C(=O)OCC(CC)CCCC)S(=O)(=O)O.[NaH].[NaH].[SnH2]. The molecule has 14 nitrogen and oxygen atoms in total. The van der Waals surface area contributed by atoms with Gasteiger partial charge in [0, 0.05) is 0 Å². The van der Waals surface area contributed by atoms with E-state index in [1.54, 1.807) is 0 Å². The molecule has 0 spiro atoms. The minimum atomic E-state index is -4.76. The Morgan fingerprint density at radius 2 is 0.661 bits per heavy atom. The van der Waals surface area contributed by atoms with Gasteiger partial charge < -0.3 is 18.9 Å². The molecule has 0 aromatic carbocycles. The van der Waals surface area contributed by atoms with Crippen LogP contribution in [0, 0.1) is 23.7 Å². The molecule has 6 atom stereocenters. The van der Waals surface area contributed by atoms with Crippen LogP contribution in [0.15, 0.2) is 0 Å². The molecule has 0 bridgehead atoms. The van der Waals surface area contributed by atoms with Crippen molar-refractivity contribution in [3.8, 4) is 0 Å². The Bertz CT molecular complexity index is 1210. The molecule has 0 amide bonds. The summed E-state index contributed by atoms with van der Waals surface area (Å²) in [5.41, 5.74) is 0. The molecule has 6 unspecified atom stereocenters. The quantitative estimate of drug-likeness (QED) is 0.0338. The van der Waals surface area contributed by atoms with Gasteiger partial charge in [0.1, 0.15) is 0 Å². The van der Waals surface area contributed by atoms with Gasteiger partial charge in [-0.05, 0) is 49.4 Å². The van der Waals surface area contributed by atoms with E-state index in [9.17, 15) is 45.1 Å². The van der Waals surface area contributed by atoms with Crippen molar-refractivity contribution < 1.29 is 64.1 Å². The fourth-order valence-electron chi connectivity index (χ4n) is 5.64. The van der Waals surface area contributed by atoms with Crippen LogP contribution in [0.25, 0.3) is 0 Å². The second-order valence-electron chi connectivity index (χ2n) is 14.7. The summed E-state index contributed by atoms with van der Waals surface area (Å²) in [7, 11) is -9.53. The molecule has 0 aromatic rings. The molecule has 19 heteroatoms. The van der Waals surface area contributed by atoms with Crippen molar-refractivity contribution in [1.29, 1.82) is 0 Å². The molecule has 2 N–H and O–H groups in total. The van der Waals surface area contributed by atoms with E-state index in [1.165, 1.54) is 0 Å². The standard InChI is InChI=1S/2C20H38O7S.2Na.Sn.4H/c2*1-5-9-11-16(7-3)14-26-19(21)13-18(28(23,24)25)20(22)27-15-17(8-4)12-10-6-2;;;;;;;/h2*16-18H,5-15H2,1-4H3,(H,23,24,25);;;;;;;. The summed E-state index contributed by atoms with van der Waals surface area (Å²) < 4.78 is 85.5. The zero-order valence-corrected chi connectivity index (χ0v) is 42.0. The first-order chi connectivity index (χ1) is 26.4. The minimum absolute atomic E-state index is 0. The Balaban J connectivity index is -0.000000314. The van der Waals surface area contributed by atoms with E-state index in [4.69, 9.17) is 18.9 Å². The Kier molecular flexibility index (Phi) is 47.9. The van der Waals surface area contributed by atoms with E-state index in [2.05, 4.69) is 27.7 Å². The van der Waals surface area contributed by atoms with Gasteiger partial charge >= 0.3 is 107 Å². The van der Waals surface area contributed by atoms with Crippen LogP contribution in [0.3, 0.4) is 0 Å². The van der Waals surface area contributed by atoms with Crippen LogP contribution in [-0.2, 0) is 58.4 Å². The van der Waals surface area contributed by atoms with Gasteiger partial charge in [-0.25, -0.2) is 0 Å². The first-order valence-corrected chi connectivity index (χ1v) is 24.0. The van der Waals surface area contributed by atoms with Crippen molar-refractivity contribution in [2.75, 3.05) is 26.4 Å². The van der Waals surface area contributed by atoms with Gasteiger partial charge in [-0.15, -0.1) is 0 Å². The monoisotopic (exact) mass is 1010 g/mol. The molecule has 2 radical (unpaired) electrons. The summed E-state index contributed by atoms with van der Waals surface area (Å²) in [4.78, 5) is 48.4. The molecular weight excluding hydrogens is 933 g/mol. The summed E-state index contributed by atoms with van der Waals surface area (Å²) >= 11 is 0. The summed E-state index contributed by atoms with van der Waals surface area (Å²) in [6.07, 6.45) is 13.5. The Hall–Kier alpha value is 0.499. The summed E-state index contributed by atoms with van der Waals surface area (Å²) in [5.74, 6) is -3.21. The van der Waals surface area contributed by atoms with Gasteiger partial charge in [-0.2, -0.15) is 16.8 Å². The molecule has 0 fully saturated rings. The summed E-state index contributed by atoms with van der Waals surface area (Å²) in [6.45, 7) is 16.7. The molecule has 0 saturated carbocycles. The van der Waals surface area contributed by atoms with Crippen molar-refractivity contribution in [1.82, 2.24) is 0 Å². The summed E-state index contributed by atoms with van der Waals surface area (Å²) in [6, 6.07) is 0. The van der Waals surface area contributed by atoms with Crippen molar-refractivity contribution >= 4 is 127 Å². The molecule has 0 heterocycles. The topological polar surface area (TPSA) is 214 Å². The van der Waals surface area contributed by atoms with Gasteiger partial charge in [0.05, 0.1) is 39.3 Å². The van der Waals surface area contributed by atoms with Gasteiger partial charge in [-0.1, -0.05) is 132 Å². The molecule has 0 aliphatic rings. The van der Waals surface area contributed by atoms with Gasteiger partial charge in [0.25, 0.3) is 20.2 Å². The van der Waals surface area contributed by atoms with Crippen molar-refractivity contribution in [2.24, 2.45) is 23.7 Å². The average molecular weight is 1010 g/mol. The van der Waals surface area contributed by atoms with Crippen molar-refractivity contribution in [2.45, 2.75) is 181 Å². The van der Waals surface area contributed by atoms with Crippen LogP contribution >= 0.6 is 0 Å². The van der Waals surface area contributed by atoms with Crippen LogP contribution in [0.2, 0.25) is 0 Å². The van der Waals surface area contributed by atoms with Crippen LogP contribution in [0.1, 0.15) is 171 Å². The predicted octanol–water partition coefficient (Wildman–Crippen LogP) is 6.09. The number of carbonyl (C=O) groups is 4. The van der Waals surface area contributed by atoms with Crippen LogP contribution in [0.5, 0.6) is 0 Å². The number of rotatable bonds is 32. The van der Waals surface area contributed by atoms with Crippen molar-refractivity contribution in [3.63, 3.8) is 0 Å². The number of ether oxygens (including phenoxy) is 4. The normalized spacial score (nSPS) is 14.1. The third kappa shape index (κ3) is 35.5. The molecule has 342 valence electrons. The zero-order valence-electron chi connectivity index (χ0n) is 36.3. The maximum absolute atomic E-state index is 12.2. The van der Waals surface area contributed by atoms with Crippen molar-refractivity contribution in [3.05, 3.63) is 0 Å². The average Bonchev–Trinajstić information content (AvgIpc) is 3.15. The number of hydrogen-bond donors (Lipinski definition) is 2. The molecule has 0 aliphatic carbocycles. The zero-order chi connectivity index (χ0) is 43.2. The first-order valence-electron chi connectivity index (χ1n) is 20.9. The Labute approximate surface area is 418 Å². The van der Waals surface area contributed by atoms with E-state index in [1.807, 2.05) is 27.7 Å². The van der Waals surface area contributed by atoms with Crippen LogP contribution < -0.4 is 0 Å². The van der Waals surface area contributed by atoms with Crippen LogP contribution in [-0.4, -0.2) is 170 Å². The van der Waals surface area contributed by atoms with E-state index in [0.717, 1.165) is 103 Å². The molecule has 0 saturated heterocycles. The molecule has 0 aliphatic heterocycles. The number of esters is 4. The molecule has 0 rings (SSSR count). The number of carbonyl (C=O) groups excluding carboxylic acids is 4. The Morgan fingerprint density at radius 1 is 0.441 bits per heavy atom. The Morgan fingerprint density at radius 3 is 0.847 bits per heavy atom. The third-order valence-corrected chi connectivity index (χ3v) is 12.2. The fourth-order valence-corrected chi connectivity index (χ4v) is 6.96. The van der Waals surface area contributed by atoms with Crippen LogP contribution in [0.4, 0.5) is 0 Å². The van der Waals surface area contributed by atoms with E-state index < -0.39 is 67.5 Å². The van der Waals surface area contributed by atoms with Gasteiger partial charge in [-0.3, -0.25) is 28.3 Å². The second kappa shape index (κ2) is 41.2. The third-order valence-electron chi connectivity index (χ3n) is 10.0. The maximum atomic E-state index is 12.2. The molecule has 0 aromatic heterocycles. The van der Waals surface area contributed by atoms with Gasteiger partial charge in [0.15, 0.2) is 10.5 Å².